The van der Waals surface area contributed by atoms with E-state index in [0.717, 1.165) is 64.2 Å². The molecule has 1 saturated heterocycles. The highest BCUT2D eigenvalue weighted by Gasteiger charge is 2.44. The molecule has 0 spiro atoms. The first-order valence-corrected chi connectivity index (χ1v) is 21.4. The lowest BCUT2D eigenvalue weighted by Crippen LogP contribution is -2.59. The van der Waals surface area contributed by atoms with Gasteiger partial charge in [0.2, 0.25) is 0 Å². The van der Waals surface area contributed by atoms with E-state index in [1.807, 2.05) is 0 Å². The molecule has 0 bridgehead atoms. The Morgan fingerprint density at radius 2 is 1.07 bits per heavy atom. The summed E-state index contributed by atoms with van der Waals surface area (Å²) in [6.45, 7) is 3.23. The number of aliphatic hydroxyl groups excluding tert-OH is 4. The van der Waals surface area contributed by atoms with Crippen molar-refractivity contribution in [1.82, 2.24) is 0 Å². The third kappa shape index (κ3) is 27.6. The van der Waals surface area contributed by atoms with Crippen molar-refractivity contribution in [2.24, 2.45) is 0 Å². The first-order chi connectivity index (χ1) is 26.8. The number of ether oxygens (including phenoxy) is 4. The zero-order valence-electron chi connectivity index (χ0n) is 34.2. The van der Waals surface area contributed by atoms with Crippen LogP contribution in [0.15, 0.2) is 60.8 Å². The Balaban J connectivity index is 2.39. The van der Waals surface area contributed by atoms with Crippen molar-refractivity contribution in [2.45, 2.75) is 192 Å². The van der Waals surface area contributed by atoms with Crippen LogP contribution < -0.4 is 0 Å². The number of hydrogen-bond donors (Lipinski definition) is 4. The minimum atomic E-state index is -1.60. The molecule has 0 saturated carbocycles. The van der Waals surface area contributed by atoms with Crippen LogP contribution in [0.25, 0.3) is 0 Å². The van der Waals surface area contributed by atoms with E-state index in [0.29, 0.717) is 12.8 Å². The molecule has 55 heavy (non-hydrogen) atoms. The number of aliphatic hydroxyl groups is 4. The predicted octanol–water partition coefficient (Wildman–Crippen LogP) is 8.66. The molecule has 6 atom stereocenters. The Labute approximate surface area is 332 Å². The molecule has 1 aliphatic rings. The van der Waals surface area contributed by atoms with Gasteiger partial charge in [-0.05, 0) is 77.0 Å². The van der Waals surface area contributed by atoms with Crippen LogP contribution in [-0.2, 0) is 28.5 Å². The zero-order chi connectivity index (χ0) is 40.2. The number of hydrogen-bond acceptors (Lipinski definition) is 10. The van der Waals surface area contributed by atoms with Gasteiger partial charge < -0.3 is 39.4 Å². The fourth-order valence-corrected chi connectivity index (χ4v) is 6.00. The molecule has 0 aromatic rings. The van der Waals surface area contributed by atoms with Crippen molar-refractivity contribution in [3.8, 4) is 0 Å². The molecule has 10 heteroatoms. The van der Waals surface area contributed by atoms with Gasteiger partial charge in [-0.15, -0.1) is 0 Å². The van der Waals surface area contributed by atoms with Gasteiger partial charge in [0, 0.05) is 12.8 Å². The lowest BCUT2D eigenvalue weighted by atomic mass is 9.99. The second-order valence-corrected chi connectivity index (χ2v) is 14.4. The fraction of sp³-hybridized carbons (Fsp3) is 0.733. The molecule has 0 aliphatic carbocycles. The second-order valence-electron chi connectivity index (χ2n) is 14.4. The fourth-order valence-electron chi connectivity index (χ4n) is 6.00. The van der Waals surface area contributed by atoms with Gasteiger partial charge in [-0.1, -0.05) is 126 Å². The summed E-state index contributed by atoms with van der Waals surface area (Å²) in [5, 5.41) is 40.0. The van der Waals surface area contributed by atoms with Crippen LogP contribution >= 0.6 is 0 Å². The number of allylic oxidation sites excluding steroid dienone is 10. The van der Waals surface area contributed by atoms with Crippen LogP contribution in [0.4, 0.5) is 0 Å². The number of rotatable bonds is 34. The Morgan fingerprint density at radius 3 is 1.67 bits per heavy atom. The summed E-state index contributed by atoms with van der Waals surface area (Å²) in [6, 6.07) is 0. The van der Waals surface area contributed by atoms with Crippen molar-refractivity contribution in [1.29, 1.82) is 0 Å². The van der Waals surface area contributed by atoms with Gasteiger partial charge in [0.1, 0.15) is 31.0 Å². The van der Waals surface area contributed by atoms with Crippen LogP contribution in [0.1, 0.15) is 155 Å². The van der Waals surface area contributed by atoms with Gasteiger partial charge in [-0.25, -0.2) is 0 Å². The summed E-state index contributed by atoms with van der Waals surface area (Å²) in [5.41, 5.74) is 0. The maximum atomic E-state index is 12.7. The minimum Gasteiger partial charge on any atom is -0.462 e. The van der Waals surface area contributed by atoms with Crippen molar-refractivity contribution in [3.63, 3.8) is 0 Å². The highest BCUT2D eigenvalue weighted by atomic mass is 16.7. The molecule has 1 rings (SSSR count). The minimum absolute atomic E-state index is 0.213. The van der Waals surface area contributed by atoms with Crippen molar-refractivity contribution >= 4 is 11.9 Å². The molecule has 0 aromatic heterocycles. The maximum absolute atomic E-state index is 12.7. The molecule has 0 radical (unpaired) electrons. The summed E-state index contributed by atoms with van der Waals surface area (Å²) in [4.78, 5) is 25.3. The lowest BCUT2D eigenvalue weighted by Gasteiger charge is -2.39. The Hall–Kier alpha value is -2.60. The Morgan fingerprint density at radius 1 is 0.582 bits per heavy atom. The van der Waals surface area contributed by atoms with E-state index >= 15 is 0 Å². The monoisotopic (exact) mass is 777 g/mol. The average Bonchev–Trinajstić information content (AvgIpc) is 3.18. The third-order valence-electron chi connectivity index (χ3n) is 9.39. The van der Waals surface area contributed by atoms with E-state index < -0.39 is 55.4 Å². The molecule has 0 aromatic carbocycles. The van der Waals surface area contributed by atoms with E-state index in [9.17, 15) is 30.0 Å². The topological polar surface area (TPSA) is 152 Å². The van der Waals surface area contributed by atoms with E-state index in [1.165, 1.54) is 51.4 Å². The molecule has 316 valence electrons. The first kappa shape index (κ1) is 50.4. The summed E-state index contributed by atoms with van der Waals surface area (Å²) < 4.78 is 22.1. The summed E-state index contributed by atoms with van der Waals surface area (Å²) in [6.07, 6.45) is 35.1. The number of esters is 2. The Kier molecular flexibility index (Phi) is 32.8. The molecule has 10 nitrogen and oxygen atoms in total. The van der Waals surface area contributed by atoms with Crippen LogP contribution in [0, 0.1) is 0 Å². The third-order valence-corrected chi connectivity index (χ3v) is 9.39. The standard InChI is InChI=1S/C45H76O10/c1-3-5-7-9-11-13-15-17-19-21-23-25-27-29-31-33-40(47)52-36-38(37-53-45-44(51)43(50)42(49)39(35-46)55-45)54-41(48)34-32-30-28-26-24-22-20-18-16-14-12-10-8-6-4-2/h5,7,11,13-14,16-17,19,23,25,38-39,42-46,49-51H,3-4,6,8-10,12,15,18,20-22,24,26-37H2,1-2H3/b7-5+,13-11+,16-14+,19-17+,25-23+/t38-,39-,42+,43?,44?,45-/m0/s1. The zero-order valence-corrected chi connectivity index (χ0v) is 34.2. The highest BCUT2D eigenvalue weighted by Crippen LogP contribution is 2.22. The van der Waals surface area contributed by atoms with Crippen molar-refractivity contribution in [3.05, 3.63) is 60.8 Å². The van der Waals surface area contributed by atoms with Gasteiger partial charge in [-0.3, -0.25) is 9.59 Å². The van der Waals surface area contributed by atoms with E-state index in [-0.39, 0.29) is 26.1 Å². The second kappa shape index (κ2) is 35.8. The lowest BCUT2D eigenvalue weighted by molar-refractivity contribution is -0.305. The molecule has 1 heterocycles. The first-order valence-electron chi connectivity index (χ1n) is 21.4. The van der Waals surface area contributed by atoms with Crippen molar-refractivity contribution < 1.29 is 49.0 Å². The summed E-state index contributed by atoms with van der Waals surface area (Å²) in [5.74, 6) is -0.865. The van der Waals surface area contributed by atoms with Crippen LogP contribution in [-0.4, -0.2) is 89.0 Å². The van der Waals surface area contributed by atoms with E-state index in [2.05, 4.69) is 74.6 Å². The average molecular weight is 777 g/mol. The smallest absolute Gasteiger partial charge is 0.306 e. The Bertz CT molecular complexity index is 1080. The number of carbonyl (C=O) groups is 2. The molecular weight excluding hydrogens is 700 g/mol. The quantitative estimate of drug-likeness (QED) is 0.0284. The number of carbonyl (C=O) groups excluding carboxylic acids is 2. The van der Waals surface area contributed by atoms with Gasteiger partial charge >= 0.3 is 11.9 Å². The molecule has 2 unspecified atom stereocenters. The van der Waals surface area contributed by atoms with Crippen LogP contribution in [0.3, 0.4) is 0 Å². The van der Waals surface area contributed by atoms with Gasteiger partial charge in [0.05, 0.1) is 13.2 Å². The molecule has 1 aliphatic heterocycles. The van der Waals surface area contributed by atoms with Crippen LogP contribution in [0.5, 0.6) is 0 Å². The SMILES string of the molecule is CC/C=C/C/C=C/C/C=C/C/C=C/CCCCC(=O)OC[C@@H](CO[C@H]1O[C@@H](CO)[C@@H](O)C(O)C1O)OC(=O)CCCCCCCCC/C=C/CCCCCC. The molecule has 1 fully saturated rings. The summed E-state index contributed by atoms with van der Waals surface area (Å²) >= 11 is 0. The molecular formula is C45H76O10. The van der Waals surface area contributed by atoms with Gasteiger partial charge in [0.15, 0.2) is 12.4 Å². The largest absolute Gasteiger partial charge is 0.462 e. The molecule has 4 N–H and O–H groups in total. The van der Waals surface area contributed by atoms with Gasteiger partial charge in [0.25, 0.3) is 0 Å². The van der Waals surface area contributed by atoms with Crippen LogP contribution in [0.2, 0.25) is 0 Å². The maximum Gasteiger partial charge on any atom is 0.306 e. The van der Waals surface area contributed by atoms with E-state index in [1.54, 1.807) is 0 Å². The predicted molar refractivity (Wildman–Crippen MR) is 219 cm³/mol. The van der Waals surface area contributed by atoms with Crippen molar-refractivity contribution in [2.75, 3.05) is 19.8 Å². The van der Waals surface area contributed by atoms with Gasteiger partial charge in [-0.2, -0.15) is 0 Å². The summed E-state index contributed by atoms with van der Waals surface area (Å²) in [7, 11) is 0. The normalized spacial score (nSPS) is 21.2. The number of unbranched alkanes of at least 4 members (excludes halogenated alkanes) is 13. The van der Waals surface area contributed by atoms with E-state index in [4.69, 9.17) is 18.9 Å². The highest BCUT2D eigenvalue weighted by molar-refractivity contribution is 5.70. The molecule has 0 amide bonds.